The first-order valence-electron chi connectivity index (χ1n) is 12.3. The molecule has 36 heavy (non-hydrogen) atoms. The highest BCUT2D eigenvalue weighted by Crippen LogP contribution is 2.35. The van der Waals surface area contributed by atoms with Crippen LogP contribution in [0.1, 0.15) is 24.0 Å². The molecule has 2 unspecified atom stereocenters. The molecule has 2 atom stereocenters. The maximum atomic E-state index is 13.2. The van der Waals surface area contributed by atoms with E-state index in [1.54, 1.807) is 14.2 Å². The summed E-state index contributed by atoms with van der Waals surface area (Å²) in [5.41, 5.74) is 3.36. The predicted molar refractivity (Wildman–Crippen MR) is 143 cm³/mol. The summed E-state index contributed by atoms with van der Waals surface area (Å²) in [4.78, 5) is 18.8. The van der Waals surface area contributed by atoms with Gasteiger partial charge in [0.15, 0.2) is 11.5 Å². The van der Waals surface area contributed by atoms with Crippen LogP contribution in [-0.2, 0) is 11.2 Å². The molecule has 0 saturated carbocycles. The number of rotatable bonds is 8. The minimum absolute atomic E-state index is 0.174. The molecule has 3 aromatic rings. The van der Waals surface area contributed by atoms with Crippen molar-refractivity contribution in [3.63, 3.8) is 0 Å². The normalized spacial score (nSPS) is 18.8. The summed E-state index contributed by atoms with van der Waals surface area (Å²) in [6.45, 7) is 3.70. The Morgan fingerprint density at radius 3 is 2.28 bits per heavy atom. The van der Waals surface area contributed by atoms with E-state index >= 15 is 0 Å². The average Bonchev–Trinajstić information content (AvgIpc) is 2.93. The third kappa shape index (κ3) is 5.26. The molecule has 3 heterocycles. The summed E-state index contributed by atoms with van der Waals surface area (Å²) in [5, 5.41) is 0. The number of piperidine rings is 2. The van der Waals surface area contributed by atoms with Crippen LogP contribution in [0.3, 0.4) is 0 Å². The van der Waals surface area contributed by atoms with Crippen molar-refractivity contribution in [1.82, 2.24) is 4.90 Å². The molecule has 1 amide bonds. The van der Waals surface area contributed by atoms with E-state index in [1.807, 2.05) is 30.3 Å². The van der Waals surface area contributed by atoms with E-state index in [2.05, 4.69) is 53.1 Å². The van der Waals surface area contributed by atoms with Gasteiger partial charge < -0.3 is 23.5 Å². The minimum Gasteiger partial charge on any atom is -0.493 e. The first kappa shape index (κ1) is 24.4. The van der Waals surface area contributed by atoms with Crippen molar-refractivity contribution in [2.75, 3.05) is 32.2 Å². The van der Waals surface area contributed by atoms with Gasteiger partial charge in [0.25, 0.3) is 0 Å². The highest BCUT2D eigenvalue weighted by molar-refractivity contribution is 7.95. The molecular weight excluding hydrogens is 472 g/mol. The van der Waals surface area contributed by atoms with Crippen LogP contribution in [0.15, 0.2) is 71.6 Å². The second kappa shape index (κ2) is 10.7. The van der Waals surface area contributed by atoms with Gasteiger partial charge in [0, 0.05) is 35.8 Å². The molecule has 6 rings (SSSR count). The average molecular weight is 505 g/mol. The maximum Gasteiger partial charge on any atom is 0.227 e. The lowest BCUT2D eigenvalue weighted by atomic mass is 9.89. The number of hydrogen-bond donors (Lipinski definition) is 0. The molecule has 3 aliphatic rings. The molecule has 0 spiro atoms. The zero-order chi connectivity index (χ0) is 25.1. The van der Waals surface area contributed by atoms with Gasteiger partial charge >= 0.3 is 0 Å². The zero-order valence-corrected chi connectivity index (χ0v) is 21.8. The van der Waals surface area contributed by atoms with Crippen molar-refractivity contribution >= 4 is 23.6 Å². The highest BCUT2D eigenvalue weighted by Gasteiger charge is 2.40. The van der Waals surface area contributed by atoms with E-state index in [1.165, 1.54) is 23.3 Å². The number of aryl methyl sites for hydroxylation is 1. The quantitative estimate of drug-likeness (QED) is 0.377. The number of methoxy groups -OCH3 is 2. The van der Waals surface area contributed by atoms with Gasteiger partial charge in [0.2, 0.25) is 5.91 Å². The van der Waals surface area contributed by atoms with E-state index in [-0.39, 0.29) is 11.9 Å². The number of piperazine rings is 1. The Balaban J connectivity index is 1.19. The fourth-order valence-electron chi connectivity index (χ4n) is 5.10. The lowest BCUT2D eigenvalue weighted by Crippen LogP contribution is -2.64. The number of carbonyl (C=O) groups excluding carboxylic acids is 1. The van der Waals surface area contributed by atoms with Gasteiger partial charge in [-0.05, 0) is 73.9 Å². The van der Waals surface area contributed by atoms with Crippen LogP contribution in [0, 0.1) is 6.92 Å². The standard InChI is InChI=1S/C29H32N2O4S/c1-20-4-13-26(14-5-20)36-35-25-11-9-22(10-12-25)30-18-24-8-7-23(30)19-31(24)29(32)17-21-6-15-27(33-2)28(16-21)34-3/h4-6,9-16,23-24H,7-8,17-19H2,1-3H3. The first-order chi connectivity index (χ1) is 17.5. The smallest absolute Gasteiger partial charge is 0.227 e. The molecule has 188 valence electrons. The summed E-state index contributed by atoms with van der Waals surface area (Å²) < 4.78 is 16.6. The molecule has 2 bridgehead atoms. The second-order valence-electron chi connectivity index (χ2n) is 9.42. The minimum atomic E-state index is 0.174. The van der Waals surface area contributed by atoms with Gasteiger partial charge in [0.05, 0.1) is 32.7 Å². The van der Waals surface area contributed by atoms with Crippen molar-refractivity contribution in [1.29, 1.82) is 0 Å². The molecule has 0 N–H and O–H groups in total. The number of anilines is 1. The van der Waals surface area contributed by atoms with E-state index in [4.69, 9.17) is 13.7 Å². The molecular formula is C29H32N2O4S. The van der Waals surface area contributed by atoms with E-state index in [0.29, 0.717) is 24.0 Å². The van der Waals surface area contributed by atoms with Gasteiger partial charge in [-0.3, -0.25) is 4.79 Å². The molecule has 7 heteroatoms. The van der Waals surface area contributed by atoms with E-state index in [0.717, 1.165) is 42.1 Å². The van der Waals surface area contributed by atoms with Crippen molar-refractivity contribution in [3.8, 4) is 17.2 Å². The first-order valence-corrected chi connectivity index (χ1v) is 13.1. The van der Waals surface area contributed by atoms with Crippen LogP contribution in [0.5, 0.6) is 17.2 Å². The fraction of sp³-hybridized carbons (Fsp3) is 0.345. The molecule has 0 aromatic heterocycles. The number of ether oxygens (including phenoxy) is 2. The molecule has 0 aliphatic carbocycles. The molecule has 3 aromatic carbocycles. The van der Waals surface area contributed by atoms with Crippen molar-refractivity contribution in [2.24, 2.45) is 0 Å². The van der Waals surface area contributed by atoms with Crippen LogP contribution in [-0.4, -0.2) is 50.2 Å². The van der Waals surface area contributed by atoms with Crippen LogP contribution in [0.25, 0.3) is 0 Å². The SMILES string of the molecule is COc1ccc(CC(=O)N2CC3CCC2CN3c2ccc(OSc3ccc(C)cc3)cc2)cc1OC. The Labute approximate surface area is 217 Å². The number of fused-ring (bicyclic) bond motifs is 3. The number of nitrogens with zero attached hydrogens (tertiary/aromatic N) is 2. The number of amides is 1. The zero-order valence-electron chi connectivity index (χ0n) is 21.0. The molecule has 0 radical (unpaired) electrons. The van der Waals surface area contributed by atoms with Gasteiger partial charge in [0.1, 0.15) is 5.75 Å². The van der Waals surface area contributed by atoms with Gasteiger partial charge in [-0.25, -0.2) is 0 Å². The third-order valence-electron chi connectivity index (χ3n) is 7.08. The molecule has 3 saturated heterocycles. The Bertz CT molecular complexity index is 1200. The number of benzene rings is 3. The summed E-state index contributed by atoms with van der Waals surface area (Å²) >= 11 is 1.37. The Morgan fingerprint density at radius 1 is 0.889 bits per heavy atom. The molecule has 3 fully saturated rings. The topological polar surface area (TPSA) is 51.2 Å². The lowest BCUT2D eigenvalue weighted by Gasteiger charge is -2.52. The fourth-order valence-corrected chi connectivity index (χ4v) is 5.65. The lowest BCUT2D eigenvalue weighted by molar-refractivity contribution is -0.135. The number of carbonyl (C=O) groups is 1. The Morgan fingerprint density at radius 2 is 1.61 bits per heavy atom. The maximum absolute atomic E-state index is 13.2. The number of hydrogen-bond acceptors (Lipinski definition) is 6. The summed E-state index contributed by atoms with van der Waals surface area (Å²) in [6.07, 6.45) is 2.52. The second-order valence-corrected chi connectivity index (χ2v) is 10.2. The summed E-state index contributed by atoms with van der Waals surface area (Å²) in [6, 6.07) is 22.9. The van der Waals surface area contributed by atoms with Crippen LogP contribution < -0.4 is 18.6 Å². The van der Waals surface area contributed by atoms with Gasteiger partial charge in [-0.15, -0.1) is 0 Å². The monoisotopic (exact) mass is 504 g/mol. The van der Waals surface area contributed by atoms with Crippen LogP contribution in [0.2, 0.25) is 0 Å². The third-order valence-corrected chi connectivity index (χ3v) is 7.82. The van der Waals surface area contributed by atoms with Crippen molar-refractivity contribution in [2.45, 2.75) is 43.2 Å². The van der Waals surface area contributed by atoms with Crippen molar-refractivity contribution < 1.29 is 18.5 Å². The van der Waals surface area contributed by atoms with Crippen LogP contribution in [0.4, 0.5) is 5.69 Å². The highest BCUT2D eigenvalue weighted by atomic mass is 32.2. The molecule has 6 nitrogen and oxygen atoms in total. The van der Waals surface area contributed by atoms with Crippen molar-refractivity contribution in [3.05, 3.63) is 77.9 Å². The van der Waals surface area contributed by atoms with E-state index < -0.39 is 0 Å². The summed E-state index contributed by atoms with van der Waals surface area (Å²) in [5.74, 6) is 2.33. The van der Waals surface area contributed by atoms with Crippen LogP contribution >= 0.6 is 12.0 Å². The predicted octanol–water partition coefficient (Wildman–Crippen LogP) is 5.52. The van der Waals surface area contributed by atoms with E-state index in [9.17, 15) is 4.79 Å². The Hall–Kier alpha value is -3.32. The molecule has 3 aliphatic heterocycles. The summed E-state index contributed by atoms with van der Waals surface area (Å²) in [7, 11) is 3.23. The Kier molecular flexibility index (Phi) is 7.28. The van der Waals surface area contributed by atoms with Gasteiger partial charge in [-0.2, -0.15) is 0 Å². The van der Waals surface area contributed by atoms with Gasteiger partial charge in [-0.1, -0.05) is 23.8 Å². The largest absolute Gasteiger partial charge is 0.493 e.